The van der Waals surface area contributed by atoms with Crippen LogP contribution in [0.3, 0.4) is 0 Å². The molecule has 0 aliphatic carbocycles. The Labute approximate surface area is 114 Å². The van der Waals surface area contributed by atoms with Gasteiger partial charge < -0.3 is 4.98 Å². The maximum Gasteiger partial charge on any atom is 0.178 e. The number of nitrogens with zero attached hydrogens (tertiary/aromatic N) is 1. The van der Waals surface area contributed by atoms with Crippen molar-refractivity contribution >= 4 is 16.7 Å². The Morgan fingerprint density at radius 2 is 1.95 bits per heavy atom. The topological polar surface area (TPSA) is 36.1 Å². The average molecular weight is 258 g/mol. The quantitative estimate of drug-likeness (QED) is 0.805. The van der Waals surface area contributed by atoms with E-state index < -0.39 is 0 Å². The molecule has 0 fully saturated rings. The number of Topliss-reactive ketones (excluding diaryl/α,β-unsaturated/α-hetero) is 1. The summed E-state index contributed by atoms with van der Waals surface area (Å²) in [5.74, 6) is 0.187. The smallest absolute Gasteiger partial charge is 0.178 e. The van der Waals surface area contributed by atoms with Crippen LogP contribution in [0.5, 0.6) is 0 Å². The fourth-order valence-electron chi connectivity index (χ4n) is 2.66. The van der Waals surface area contributed by atoms with Gasteiger partial charge in [-0.3, -0.25) is 9.69 Å². The summed E-state index contributed by atoms with van der Waals surface area (Å²) in [6.45, 7) is 4.82. The van der Waals surface area contributed by atoms with Crippen LogP contribution in [0.2, 0.25) is 0 Å². The minimum absolute atomic E-state index is 0.187. The maximum atomic E-state index is 12.4. The molecular formula is C16H22N2O. The minimum Gasteiger partial charge on any atom is -0.360 e. The first-order valence-corrected chi connectivity index (χ1v) is 6.96. The predicted octanol–water partition coefficient (Wildman–Crippen LogP) is 3.47. The van der Waals surface area contributed by atoms with Crippen LogP contribution in [0.1, 0.15) is 37.0 Å². The van der Waals surface area contributed by atoms with Crippen LogP contribution >= 0.6 is 0 Å². The van der Waals surface area contributed by atoms with E-state index in [0.29, 0.717) is 12.6 Å². The number of ketones is 1. The van der Waals surface area contributed by atoms with E-state index in [1.165, 1.54) is 0 Å². The van der Waals surface area contributed by atoms with Gasteiger partial charge in [-0.2, -0.15) is 0 Å². The number of nitrogens with one attached hydrogen (secondary N) is 1. The van der Waals surface area contributed by atoms with E-state index in [1.54, 1.807) is 0 Å². The molecule has 0 saturated carbocycles. The van der Waals surface area contributed by atoms with Gasteiger partial charge in [0, 0.05) is 28.7 Å². The van der Waals surface area contributed by atoms with Gasteiger partial charge in [0.2, 0.25) is 0 Å². The molecule has 19 heavy (non-hydrogen) atoms. The van der Waals surface area contributed by atoms with Crippen LogP contribution in [0.4, 0.5) is 0 Å². The molecule has 3 heteroatoms. The molecule has 0 aliphatic rings. The van der Waals surface area contributed by atoms with Gasteiger partial charge in [0.15, 0.2) is 5.78 Å². The number of fused-ring (bicyclic) bond motifs is 1. The summed E-state index contributed by atoms with van der Waals surface area (Å²) in [4.78, 5) is 17.7. The molecule has 1 heterocycles. The van der Waals surface area contributed by atoms with Crippen molar-refractivity contribution in [2.24, 2.45) is 0 Å². The van der Waals surface area contributed by atoms with Crippen LogP contribution in [0, 0.1) is 0 Å². The molecule has 2 aromatic rings. The zero-order chi connectivity index (χ0) is 13.8. The first-order chi connectivity index (χ1) is 9.17. The number of para-hydroxylation sites is 1. The summed E-state index contributed by atoms with van der Waals surface area (Å²) >= 11 is 0. The van der Waals surface area contributed by atoms with Crippen molar-refractivity contribution in [3.63, 3.8) is 0 Å². The van der Waals surface area contributed by atoms with Gasteiger partial charge in [-0.15, -0.1) is 0 Å². The number of aromatic amines is 1. The van der Waals surface area contributed by atoms with Crippen molar-refractivity contribution < 1.29 is 4.79 Å². The highest BCUT2D eigenvalue weighted by Crippen LogP contribution is 2.19. The third kappa shape index (κ3) is 2.87. The van der Waals surface area contributed by atoms with Crippen molar-refractivity contribution in [1.82, 2.24) is 9.88 Å². The molecule has 0 aliphatic heterocycles. The van der Waals surface area contributed by atoms with E-state index in [2.05, 4.69) is 23.7 Å². The van der Waals surface area contributed by atoms with Gasteiger partial charge in [-0.1, -0.05) is 32.0 Å². The molecule has 0 atom stereocenters. The number of carbonyl (C=O) groups is 1. The highest BCUT2D eigenvalue weighted by atomic mass is 16.1. The zero-order valence-corrected chi connectivity index (χ0v) is 11.9. The lowest BCUT2D eigenvalue weighted by molar-refractivity contribution is 0.0917. The second-order valence-electron chi connectivity index (χ2n) is 5.06. The molecule has 0 unspecified atom stereocenters. The summed E-state index contributed by atoms with van der Waals surface area (Å²) in [5, 5.41) is 1.02. The molecular weight excluding hydrogens is 236 g/mol. The summed E-state index contributed by atoms with van der Waals surface area (Å²) < 4.78 is 0. The van der Waals surface area contributed by atoms with Gasteiger partial charge in [0.05, 0.1) is 6.54 Å². The largest absolute Gasteiger partial charge is 0.360 e. The van der Waals surface area contributed by atoms with Crippen molar-refractivity contribution in [3.05, 3.63) is 36.0 Å². The third-order valence-electron chi connectivity index (χ3n) is 3.85. The lowest BCUT2D eigenvalue weighted by atomic mass is 10.1. The molecule has 102 valence electrons. The number of aromatic nitrogens is 1. The Kier molecular flexibility index (Phi) is 4.38. The van der Waals surface area contributed by atoms with Crippen LogP contribution < -0.4 is 0 Å². The first kappa shape index (κ1) is 13.8. The lowest BCUT2D eigenvalue weighted by Gasteiger charge is -2.25. The fourth-order valence-corrected chi connectivity index (χ4v) is 2.66. The fraction of sp³-hybridized carbons (Fsp3) is 0.438. The Bertz CT molecular complexity index is 555. The maximum absolute atomic E-state index is 12.4. The van der Waals surface area contributed by atoms with Gasteiger partial charge in [0.25, 0.3) is 0 Å². The second-order valence-corrected chi connectivity index (χ2v) is 5.06. The summed E-state index contributed by atoms with van der Waals surface area (Å²) in [6.07, 6.45) is 3.98. The standard InChI is InChI=1S/C16H22N2O/c1-4-12(5-2)18(3)11-16(19)14-10-17-15-9-7-6-8-13(14)15/h6-10,12,17H,4-5,11H2,1-3H3. The van der Waals surface area contributed by atoms with Crippen LogP contribution in [0.25, 0.3) is 10.9 Å². The molecule has 0 spiro atoms. The lowest BCUT2D eigenvalue weighted by Crippen LogP contribution is -2.35. The number of benzene rings is 1. The molecule has 0 saturated heterocycles. The molecule has 0 radical (unpaired) electrons. The Balaban J connectivity index is 2.16. The van der Waals surface area contributed by atoms with Gasteiger partial charge in [-0.05, 0) is 26.0 Å². The van der Waals surface area contributed by atoms with E-state index in [4.69, 9.17) is 0 Å². The monoisotopic (exact) mass is 258 g/mol. The SMILES string of the molecule is CCC(CC)N(C)CC(=O)c1c[nH]c2ccccc12. The van der Waals surface area contributed by atoms with Crippen LogP contribution in [-0.4, -0.2) is 35.3 Å². The Morgan fingerprint density at radius 3 is 2.63 bits per heavy atom. The molecule has 3 nitrogen and oxygen atoms in total. The average Bonchev–Trinajstić information content (AvgIpc) is 2.84. The number of hydrogen-bond donors (Lipinski definition) is 1. The van der Waals surface area contributed by atoms with E-state index in [9.17, 15) is 4.79 Å². The van der Waals surface area contributed by atoms with Crippen molar-refractivity contribution in [2.75, 3.05) is 13.6 Å². The molecule has 1 N–H and O–H groups in total. The normalized spacial score (nSPS) is 11.6. The number of carbonyl (C=O) groups excluding carboxylic acids is 1. The summed E-state index contributed by atoms with van der Waals surface area (Å²) in [7, 11) is 2.03. The second kappa shape index (κ2) is 6.02. The highest BCUT2D eigenvalue weighted by Gasteiger charge is 2.17. The molecule has 1 aromatic carbocycles. The Morgan fingerprint density at radius 1 is 1.26 bits per heavy atom. The molecule has 2 rings (SSSR count). The first-order valence-electron chi connectivity index (χ1n) is 6.96. The van der Waals surface area contributed by atoms with Gasteiger partial charge in [-0.25, -0.2) is 0 Å². The minimum atomic E-state index is 0.187. The van der Waals surface area contributed by atoms with E-state index >= 15 is 0 Å². The molecule has 0 bridgehead atoms. The van der Waals surface area contributed by atoms with E-state index in [-0.39, 0.29) is 5.78 Å². The van der Waals surface area contributed by atoms with Crippen LogP contribution in [0.15, 0.2) is 30.5 Å². The van der Waals surface area contributed by atoms with Crippen molar-refractivity contribution in [1.29, 1.82) is 0 Å². The number of rotatable bonds is 6. The Hall–Kier alpha value is -1.61. The van der Waals surface area contributed by atoms with E-state index in [1.807, 2.05) is 37.5 Å². The van der Waals surface area contributed by atoms with Gasteiger partial charge >= 0.3 is 0 Å². The third-order valence-corrected chi connectivity index (χ3v) is 3.85. The van der Waals surface area contributed by atoms with E-state index in [0.717, 1.165) is 29.3 Å². The van der Waals surface area contributed by atoms with Gasteiger partial charge in [0.1, 0.15) is 0 Å². The molecule has 1 aromatic heterocycles. The number of H-pyrrole nitrogens is 1. The predicted molar refractivity (Wildman–Crippen MR) is 79.6 cm³/mol. The van der Waals surface area contributed by atoms with Crippen LogP contribution in [-0.2, 0) is 0 Å². The zero-order valence-electron chi connectivity index (χ0n) is 11.9. The number of hydrogen-bond acceptors (Lipinski definition) is 2. The van der Waals surface area contributed by atoms with Crippen molar-refractivity contribution in [2.45, 2.75) is 32.7 Å². The molecule has 0 amide bonds. The highest BCUT2D eigenvalue weighted by molar-refractivity contribution is 6.08. The number of likely N-dealkylation sites (N-methyl/N-ethyl adjacent to an activating group) is 1. The summed E-state index contributed by atoms with van der Waals surface area (Å²) in [5.41, 5.74) is 1.82. The van der Waals surface area contributed by atoms with Crippen molar-refractivity contribution in [3.8, 4) is 0 Å². The summed E-state index contributed by atoms with van der Waals surface area (Å²) in [6, 6.07) is 8.42.